The van der Waals surface area contributed by atoms with Gasteiger partial charge in [-0.05, 0) is 17.7 Å². The number of nitrogens with two attached hydrogens (primary N) is 1. The van der Waals surface area contributed by atoms with Gasteiger partial charge in [0, 0.05) is 20.3 Å². The molecule has 0 saturated heterocycles. The molecule has 0 amide bonds. The van der Waals surface area contributed by atoms with Crippen LogP contribution >= 0.6 is 0 Å². The molecule has 0 radical (unpaired) electrons. The minimum atomic E-state index is -0.308. The predicted octanol–water partition coefficient (Wildman–Crippen LogP) is 2.21. The van der Waals surface area contributed by atoms with Gasteiger partial charge in [0.05, 0.1) is 11.9 Å². The Hall–Kier alpha value is -2.63. The molecule has 2 aromatic heterocycles. The Morgan fingerprint density at radius 1 is 1.25 bits per heavy atom. The van der Waals surface area contributed by atoms with Gasteiger partial charge in [0.1, 0.15) is 23.0 Å². The van der Waals surface area contributed by atoms with E-state index in [-0.39, 0.29) is 5.82 Å². The second-order valence-electron chi connectivity index (χ2n) is 4.67. The highest BCUT2D eigenvalue weighted by Crippen LogP contribution is 2.35. The third-order valence-corrected chi connectivity index (χ3v) is 3.15. The Labute approximate surface area is 115 Å². The molecule has 0 aliphatic carbocycles. The first kappa shape index (κ1) is 12.4. The fourth-order valence-corrected chi connectivity index (χ4v) is 2.18. The lowest BCUT2D eigenvalue weighted by Gasteiger charge is -2.03. The number of nitrogen functional groups attached to an aromatic ring is 1. The molecule has 0 aliphatic heterocycles. The Morgan fingerprint density at radius 3 is 2.70 bits per heavy atom. The van der Waals surface area contributed by atoms with E-state index in [2.05, 4.69) is 10.1 Å². The van der Waals surface area contributed by atoms with Crippen LogP contribution in [-0.4, -0.2) is 19.3 Å². The van der Waals surface area contributed by atoms with Crippen molar-refractivity contribution in [1.82, 2.24) is 19.3 Å². The Morgan fingerprint density at radius 2 is 2.05 bits per heavy atom. The minimum Gasteiger partial charge on any atom is -0.383 e. The summed E-state index contributed by atoms with van der Waals surface area (Å²) in [5.41, 5.74) is 8.82. The molecule has 5 nitrogen and oxygen atoms in total. The number of imidazole rings is 1. The Kier molecular flexibility index (Phi) is 2.78. The highest BCUT2D eigenvalue weighted by Gasteiger charge is 2.19. The van der Waals surface area contributed by atoms with Crippen LogP contribution in [0.1, 0.15) is 0 Å². The topological polar surface area (TPSA) is 61.7 Å². The van der Waals surface area contributed by atoms with Gasteiger partial charge in [-0.2, -0.15) is 5.10 Å². The molecule has 0 aliphatic rings. The van der Waals surface area contributed by atoms with Crippen LogP contribution in [0, 0.1) is 5.82 Å². The Bertz CT molecular complexity index is 772. The van der Waals surface area contributed by atoms with Gasteiger partial charge in [-0.25, -0.2) is 9.37 Å². The molecule has 3 rings (SSSR count). The van der Waals surface area contributed by atoms with Crippen LogP contribution in [0.3, 0.4) is 0 Å². The number of benzene rings is 1. The summed E-state index contributed by atoms with van der Waals surface area (Å²) in [6.07, 6.45) is 3.54. The molecule has 1 aromatic carbocycles. The van der Waals surface area contributed by atoms with Crippen LogP contribution in [0.25, 0.3) is 22.5 Å². The van der Waals surface area contributed by atoms with E-state index in [0.29, 0.717) is 28.3 Å². The molecular weight excluding hydrogens is 257 g/mol. The first-order valence-corrected chi connectivity index (χ1v) is 6.13. The molecule has 2 N–H and O–H groups in total. The summed E-state index contributed by atoms with van der Waals surface area (Å²) in [6.45, 7) is 0. The molecule has 0 bridgehead atoms. The van der Waals surface area contributed by atoms with Crippen molar-refractivity contribution in [3.05, 3.63) is 42.6 Å². The van der Waals surface area contributed by atoms with Crippen molar-refractivity contribution in [2.75, 3.05) is 5.73 Å². The van der Waals surface area contributed by atoms with Crippen LogP contribution in [0.15, 0.2) is 36.8 Å². The zero-order valence-electron chi connectivity index (χ0n) is 11.2. The number of rotatable bonds is 2. The predicted molar refractivity (Wildman–Crippen MR) is 75.2 cm³/mol. The van der Waals surface area contributed by atoms with Crippen molar-refractivity contribution in [1.29, 1.82) is 0 Å². The smallest absolute Gasteiger partial charge is 0.129 e. The van der Waals surface area contributed by atoms with E-state index in [1.54, 1.807) is 24.1 Å². The highest BCUT2D eigenvalue weighted by molar-refractivity contribution is 5.86. The monoisotopic (exact) mass is 271 g/mol. The second-order valence-corrected chi connectivity index (χ2v) is 4.67. The molecule has 102 valence electrons. The molecule has 3 aromatic rings. The number of anilines is 1. The first-order chi connectivity index (χ1) is 9.56. The summed E-state index contributed by atoms with van der Waals surface area (Å²) in [5.74, 6) is 0.175. The van der Waals surface area contributed by atoms with Crippen LogP contribution < -0.4 is 5.73 Å². The maximum atomic E-state index is 13.4. The van der Waals surface area contributed by atoms with E-state index in [0.717, 1.165) is 0 Å². The maximum Gasteiger partial charge on any atom is 0.129 e. The van der Waals surface area contributed by atoms with Gasteiger partial charge in [-0.15, -0.1) is 0 Å². The van der Waals surface area contributed by atoms with Crippen molar-refractivity contribution in [3.8, 4) is 22.5 Å². The van der Waals surface area contributed by atoms with E-state index < -0.39 is 0 Å². The van der Waals surface area contributed by atoms with Crippen molar-refractivity contribution in [2.24, 2.45) is 14.1 Å². The lowest BCUT2D eigenvalue weighted by Crippen LogP contribution is -1.98. The average Bonchev–Trinajstić information content (AvgIpc) is 2.95. The summed E-state index contributed by atoms with van der Waals surface area (Å²) in [6, 6.07) is 6.30. The zero-order chi connectivity index (χ0) is 14.3. The number of aromatic nitrogens is 4. The number of nitrogens with zero attached hydrogens (tertiary/aromatic N) is 4. The molecule has 0 spiro atoms. The van der Waals surface area contributed by atoms with Gasteiger partial charge in [-0.1, -0.05) is 12.1 Å². The average molecular weight is 271 g/mol. The van der Waals surface area contributed by atoms with E-state index in [1.165, 1.54) is 12.1 Å². The molecule has 0 fully saturated rings. The lowest BCUT2D eigenvalue weighted by atomic mass is 10.0. The maximum absolute atomic E-state index is 13.4. The first-order valence-electron chi connectivity index (χ1n) is 6.13. The molecular formula is C14H14FN5. The van der Waals surface area contributed by atoms with Crippen molar-refractivity contribution < 1.29 is 4.39 Å². The van der Waals surface area contributed by atoms with Crippen LogP contribution in [0.2, 0.25) is 0 Å². The molecule has 0 atom stereocenters. The molecule has 0 unspecified atom stereocenters. The van der Waals surface area contributed by atoms with E-state index in [9.17, 15) is 4.39 Å². The van der Waals surface area contributed by atoms with E-state index >= 15 is 0 Å². The fraction of sp³-hybridized carbons (Fsp3) is 0.143. The second kappa shape index (κ2) is 4.48. The summed E-state index contributed by atoms with van der Waals surface area (Å²) < 4.78 is 16.8. The minimum absolute atomic E-state index is 0.308. The standard InChI is InChI=1S/C14H14FN5/c1-19-7-11(17-8-19)13-12(14(16)20(2)18-13)9-4-3-5-10(15)6-9/h3-8H,16H2,1-2H3. The fourth-order valence-electron chi connectivity index (χ4n) is 2.18. The summed E-state index contributed by atoms with van der Waals surface area (Å²) >= 11 is 0. The van der Waals surface area contributed by atoms with E-state index in [1.807, 2.05) is 23.9 Å². The number of halogens is 1. The van der Waals surface area contributed by atoms with Gasteiger partial charge in [0.25, 0.3) is 0 Å². The van der Waals surface area contributed by atoms with Crippen molar-refractivity contribution in [3.63, 3.8) is 0 Å². The van der Waals surface area contributed by atoms with Crippen molar-refractivity contribution in [2.45, 2.75) is 0 Å². The van der Waals surface area contributed by atoms with Gasteiger partial charge in [0.2, 0.25) is 0 Å². The lowest BCUT2D eigenvalue weighted by molar-refractivity contribution is 0.628. The summed E-state index contributed by atoms with van der Waals surface area (Å²) in [4.78, 5) is 4.29. The van der Waals surface area contributed by atoms with Crippen LogP contribution in [0.4, 0.5) is 10.2 Å². The van der Waals surface area contributed by atoms with Crippen molar-refractivity contribution >= 4 is 5.82 Å². The van der Waals surface area contributed by atoms with E-state index in [4.69, 9.17) is 5.73 Å². The largest absolute Gasteiger partial charge is 0.383 e. The van der Waals surface area contributed by atoms with Gasteiger partial charge >= 0.3 is 0 Å². The summed E-state index contributed by atoms with van der Waals surface area (Å²) in [7, 11) is 3.63. The number of hydrogen-bond donors (Lipinski definition) is 1. The van der Waals surface area contributed by atoms with Gasteiger partial charge < -0.3 is 10.3 Å². The molecule has 2 heterocycles. The molecule has 6 heteroatoms. The van der Waals surface area contributed by atoms with Gasteiger partial charge in [0.15, 0.2) is 0 Å². The zero-order valence-corrected chi connectivity index (χ0v) is 11.2. The Balaban J connectivity index is 2.24. The normalized spacial score (nSPS) is 10.9. The number of aryl methyl sites for hydroxylation is 2. The number of hydrogen-bond acceptors (Lipinski definition) is 3. The van der Waals surface area contributed by atoms with Crippen LogP contribution in [-0.2, 0) is 14.1 Å². The quantitative estimate of drug-likeness (QED) is 0.777. The third kappa shape index (κ3) is 1.95. The van der Waals surface area contributed by atoms with Gasteiger partial charge in [-0.3, -0.25) is 4.68 Å². The summed E-state index contributed by atoms with van der Waals surface area (Å²) in [5, 5.41) is 4.39. The molecule has 0 saturated carbocycles. The SMILES string of the molecule is Cn1cnc(-c2nn(C)c(N)c2-c2cccc(F)c2)c1. The molecule has 20 heavy (non-hydrogen) atoms. The third-order valence-electron chi connectivity index (χ3n) is 3.15. The van der Waals surface area contributed by atoms with Crippen LogP contribution in [0.5, 0.6) is 0 Å². The highest BCUT2D eigenvalue weighted by atomic mass is 19.1.